The molecule has 0 saturated carbocycles. The Hall–Kier alpha value is -2.80. The zero-order chi connectivity index (χ0) is 18.1. The fraction of sp³-hybridized carbons (Fsp3) is 0.368. The van der Waals surface area contributed by atoms with Crippen molar-refractivity contribution in [2.45, 2.75) is 26.3 Å². The number of nitrogens with zero attached hydrogens (tertiary/aromatic N) is 5. The van der Waals surface area contributed by atoms with Crippen LogP contribution in [-0.4, -0.2) is 38.1 Å². The quantitative estimate of drug-likeness (QED) is 0.773. The molecule has 3 heterocycles. The Morgan fingerprint density at radius 1 is 1.19 bits per heavy atom. The summed E-state index contributed by atoms with van der Waals surface area (Å²) in [5.41, 5.74) is 7.89. The fourth-order valence-corrected chi connectivity index (χ4v) is 3.51. The van der Waals surface area contributed by atoms with Crippen molar-refractivity contribution in [3.63, 3.8) is 0 Å². The molecule has 134 valence electrons. The lowest BCUT2D eigenvalue weighted by molar-refractivity contribution is 0.309. The second-order valence-corrected chi connectivity index (χ2v) is 6.94. The van der Waals surface area contributed by atoms with Crippen LogP contribution in [-0.2, 0) is 6.54 Å². The summed E-state index contributed by atoms with van der Waals surface area (Å²) in [6.07, 6.45) is 1.64. The summed E-state index contributed by atoms with van der Waals surface area (Å²) in [5.74, 6) is 2.76. The van der Waals surface area contributed by atoms with Crippen molar-refractivity contribution < 1.29 is 4.52 Å². The average Bonchev–Trinajstić information content (AvgIpc) is 3.22. The van der Waals surface area contributed by atoms with Crippen LogP contribution in [0.3, 0.4) is 0 Å². The van der Waals surface area contributed by atoms with Crippen molar-refractivity contribution in [1.29, 1.82) is 0 Å². The Kier molecular flexibility index (Phi) is 4.38. The van der Waals surface area contributed by atoms with Gasteiger partial charge in [0, 0.05) is 25.8 Å². The highest BCUT2D eigenvalue weighted by Gasteiger charge is 2.34. The molecule has 2 aromatic heterocycles. The summed E-state index contributed by atoms with van der Waals surface area (Å²) in [6, 6.07) is 10.5. The summed E-state index contributed by atoms with van der Waals surface area (Å²) in [7, 11) is 0. The third-order valence-corrected chi connectivity index (χ3v) is 4.88. The van der Waals surface area contributed by atoms with E-state index in [1.165, 1.54) is 5.56 Å². The number of aromatic nitrogens is 4. The first-order valence-electron chi connectivity index (χ1n) is 8.79. The molecule has 3 aromatic rings. The predicted molar refractivity (Wildman–Crippen MR) is 98.1 cm³/mol. The first kappa shape index (κ1) is 16.7. The van der Waals surface area contributed by atoms with Crippen molar-refractivity contribution in [2.75, 3.05) is 18.8 Å². The van der Waals surface area contributed by atoms with Gasteiger partial charge in [0.15, 0.2) is 0 Å². The summed E-state index contributed by atoms with van der Waals surface area (Å²) in [6.45, 7) is 6.86. The van der Waals surface area contributed by atoms with Gasteiger partial charge < -0.3 is 10.3 Å². The number of nitrogens with two attached hydrogens (primary N) is 1. The van der Waals surface area contributed by atoms with Crippen LogP contribution >= 0.6 is 0 Å². The molecule has 0 unspecified atom stereocenters. The molecule has 2 N–H and O–H groups in total. The molecule has 0 aliphatic carbocycles. The van der Waals surface area contributed by atoms with E-state index in [2.05, 4.69) is 56.2 Å². The molecule has 7 nitrogen and oxygen atoms in total. The number of hydrogen-bond donors (Lipinski definition) is 1. The molecular weight excluding hydrogens is 328 g/mol. The summed E-state index contributed by atoms with van der Waals surface area (Å²) >= 11 is 0. The molecule has 7 heteroatoms. The smallest absolute Gasteiger partial charge is 0.231 e. The minimum absolute atomic E-state index is 0.215. The van der Waals surface area contributed by atoms with E-state index in [4.69, 9.17) is 10.3 Å². The lowest BCUT2D eigenvalue weighted by Gasteiger charge is -2.15. The molecule has 1 aliphatic rings. The van der Waals surface area contributed by atoms with E-state index in [0.29, 0.717) is 34.8 Å². The zero-order valence-electron chi connectivity index (χ0n) is 15.0. The molecular formula is C19H22N6O. The third-order valence-electron chi connectivity index (χ3n) is 4.88. The molecule has 0 radical (unpaired) electrons. The highest BCUT2D eigenvalue weighted by atomic mass is 16.5. The Bertz CT molecular complexity index is 894. The SMILES string of the molecule is Cc1ncc(-c2noc([C@@H]3CN(Cc4ccccc4)C[C@H]3C)n2)c(N)n1. The van der Waals surface area contributed by atoms with E-state index in [1.807, 2.05) is 6.07 Å². The van der Waals surface area contributed by atoms with E-state index >= 15 is 0 Å². The Morgan fingerprint density at radius 3 is 2.77 bits per heavy atom. The summed E-state index contributed by atoms with van der Waals surface area (Å²) in [4.78, 5) is 15.4. The minimum atomic E-state index is 0.215. The van der Waals surface area contributed by atoms with Gasteiger partial charge in [0.25, 0.3) is 0 Å². The monoisotopic (exact) mass is 350 g/mol. The molecule has 1 saturated heterocycles. The van der Waals surface area contributed by atoms with Gasteiger partial charge in [-0.3, -0.25) is 4.90 Å². The lowest BCUT2D eigenvalue weighted by Crippen LogP contribution is -2.20. The van der Waals surface area contributed by atoms with Gasteiger partial charge in [0.1, 0.15) is 11.6 Å². The topological polar surface area (TPSA) is 94.0 Å². The van der Waals surface area contributed by atoms with Gasteiger partial charge in [-0.1, -0.05) is 42.4 Å². The lowest BCUT2D eigenvalue weighted by atomic mass is 9.98. The first-order valence-corrected chi connectivity index (χ1v) is 8.79. The maximum absolute atomic E-state index is 5.97. The molecule has 1 aromatic carbocycles. The van der Waals surface area contributed by atoms with E-state index < -0.39 is 0 Å². The van der Waals surface area contributed by atoms with E-state index in [-0.39, 0.29) is 5.92 Å². The van der Waals surface area contributed by atoms with Crippen LogP contribution in [0.15, 0.2) is 41.1 Å². The molecule has 0 amide bonds. The van der Waals surface area contributed by atoms with Crippen LogP contribution in [0.2, 0.25) is 0 Å². The van der Waals surface area contributed by atoms with Crippen molar-refractivity contribution in [3.05, 3.63) is 53.8 Å². The summed E-state index contributed by atoms with van der Waals surface area (Å²) in [5, 5.41) is 4.10. The number of hydrogen-bond acceptors (Lipinski definition) is 7. The third kappa shape index (κ3) is 3.30. The number of rotatable bonds is 4. The minimum Gasteiger partial charge on any atom is -0.383 e. The highest BCUT2D eigenvalue weighted by molar-refractivity contribution is 5.66. The van der Waals surface area contributed by atoms with Crippen LogP contribution in [0.1, 0.15) is 30.1 Å². The molecule has 1 aliphatic heterocycles. The Morgan fingerprint density at radius 2 is 2.00 bits per heavy atom. The zero-order valence-corrected chi connectivity index (χ0v) is 15.0. The fourth-order valence-electron chi connectivity index (χ4n) is 3.51. The average molecular weight is 350 g/mol. The number of nitrogen functional groups attached to an aromatic ring is 1. The van der Waals surface area contributed by atoms with Crippen molar-refractivity contribution >= 4 is 5.82 Å². The number of aryl methyl sites for hydroxylation is 1. The molecule has 1 fully saturated rings. The maximum Gasteiger partial charge on any atom is 0.231 e. The number of likely N-dealkylation sites (tertiary alicyclic amines) is 1. The molecule has 0 spiro atoms. The molecule has 2 atom stereocenters. The van der Waals surface area contributed by atoms with Gasteiger partial charge in [0.05, 0.1) is 11.5 Å². The number of benzene rings is 1. The molecule has 4 rings (SSSR count). The van der Waals surface area contributed by atoms with Crippen LogP contribution in [0.4, 0.5) is 5.82 Å². The maximum atomic E-state index is 5.97. The largest absolute Gasteiger partial charge is 0.383 e. The van der Waals surface area contributed by atoms with Gasteiger partial charge in [0.2, 0.25) is 11.7 Å². The first-order chi connectivity index (χ1) is 12.6. The Balaban J connectivity index is 1.50. The standard InChI is InChI=1S/C19H22N6O/c1-12-9-25(10-14-6-4-3-5-7-14)11-16(12)19-23-18(24-26-19)15-8-21-13(2)22-17(15)20/h3-8,12,16H,9-11H2,1-2H3,(H2,20,21,22)/t12-,16-/m1/s1. The second-order valence-electron chi connectivity index (χ2n) is 6.94. The van der Waals surface area contributed by atoms with Gasteiger partial charge in [-0.25, -0.2) is 9.97 Å². The van der Waals surface area contributed by atoms with E-state index in [0.717, 1.165) is 19.6 Å². The summed E-state index contributed by atoms with van der Waals surface area (Å²) < 4.78 is 5.56. The van der Waals surface area contributed by atoms with Crippen molar-refractivity contribution in [2.24, 2.45) is 5.92 Å². The second kappa shape index (κ2) is 6.84. The predicted octanol–water partition coefficient (Wildman–Crippen LogP) is 2.65. The normalized spacial score (nSPS) is 20.5. The van der Waals surface area contributed by atoms with Crippen molar-refractivity contribution in [1.82, 2.24) is 25.0 Å². The van der Waals surface area contributed by atoms with Gasteiger partial charge in [-0.2, -0.15) is 4.98 Å². The van der Waals surface area contributed by atoms with Gasteiger partial charge >= 0.3 is 0 Å². The Labute approximate surface area is 152 Å². The number of anilines is 1. The van der Waals surface area contributed by atoms with Crippen molar-refractivity contribution in [3.8, 4) is 11.4 Å². The molecule has 0 bridgehead atoms. The van der Waals surface area contributed by atoms with Gasteiger partial charge in [-0.15, -0.1) is 0 Å². The van der Waals surface area contributed by atoms with E-state index in [1.54, 1.807) is 13.1 Å². The van der Waals surface area contributed by atoms with Crippen LogP contribution in [0, 0.1) is 12.8 Å². The molecule has 26 heavy (non-hydrogen) atoms. The van der Waals surface area contributed by atoms with E-state index in [9.17, 15) is 0 Å². The van der Waals surface area contributed by atoms with Gasteiger partial charge in [-0.05, 0) is 18.4 Å². The van der Waals surface area contributed by atoms with Crippen LogP contribution in [0.25, 0.3) is 11.4 Å². The van der Waals surface area contributed by atoms with Crippen LogP contribution in [0.5, 0.6) is 0 Å². The van der Waals surface area contributed by atoms with Crippen LogP contribution < -0.4 is 5.73 Å². The highest BCUT2D eigenvalue weighted by Crippen LogP contribution is 2.33.